The van der Waals surface area contributed by atoms with E-state index in [0.717, 1.165) is 22.9 Å². The van der Waals surface area contributed by atoms with E-state index in [4.69, 9.17) is 21.1 Å². The Bertz CT molecular complexity index is 596. The summed E-state index contributed by atoms with van der Waals surface area (Å²) in [6.07, 6.45) is 0. The van der Waals surface area contributed by atoms with Gasteiger partial charge in [-0.05, 0) is 23.7 Å². The maximum absolute atomic E-state index is 6.12. The van der Waals surface area contributed by atoms with Gasteiger partial charge in [0.1, 0.15) is 17.3 Å². The molecule has 0 saturated heterocycles. The van der Waals surface area contributed by atoms with E-state index in [1.807, 2.05) is 22.8 Å². The van der Waals surface area contributed by atoms with Crippen LogP contribution in [0.15, 0.2) is 18.2 Å². The van der Waals surface area contributed by atoms with Gasteiger partial charge in [-0.3, -0.25) is 4.57 Å². The summed E-state index contributed by atoms with van der Waals surface area (Å²) in [5, 5.41) is 8.43. The van der Waals surface area contributed by atoms with Gasteiger partial charge < -0.3 is 9.47 Å². The monoisotopic (exact) mass is 295 g/mol. The lowest BCUT2D eigenvalue weighted by atomic mass is 10.1. The SMILES string of the molecule is COc1ccc(Cn2c(Cl)nnc2C(C)C)c(OC)c1. The van der Waals surface area contributed by atoms with Gasteiger partial charge >= 0.3 is 0 Å². The summed E-state index contributed by atoms with van der Waals surface area (Å²) >= 11 is 6.12. The lowest BCUT2D eigenvalue weighted by Gasteiger charge is -2.13. The van der Waals surface area contributed by atoms with E-state index in [1.54, 1.807) is 14.2 Å². The second-order valence-corrected chi connectivity index (χ2v) is 5.08. The Morgan fingerprint density at radius 2 is 1.95 bits per heavy atom. The summed E-state index contributed by atoms with van der Waals surface area (Å²) in [6, 6.07) is 5.70. The van der Waals surface area contributed by atoms with E-state index in [9.17, 15) is 0 Å². The second-order valence-electron chi connectivity index (χ2n) is 4.75. The molecule has 0 fully saturated rings. The highest BCUT2D eigenvalue weighted by Gasteiger charge is 2.15. The maximum atomic E-state index is 6.12. The highest BCUT2D eigenvalue weighted by atomic mass is 35.5. The van der Waals surface area contributed by atoms with Crippen LogP contribution in [0.25, 0.3) is 0 Å². The van der Waals surface area contributed by atoms with Crippen LogP contribution in [0.5, 0.6) is 11.5 Å². The average molecular weight is 296 g/mol. The Balaban J connectivity index is 2.37. The molecule has 1 aromatic heterocycles. The minimum absolute atomic E-state index is 0.249. The van der Waals surface area contributed by atoms with Crippen LogP contribution in [0, 0.1) is 0 Å². The summed E-state index contributed by atoms with van der Waals surface area (Å²) in [5.74, 6) is 2.61. The number of hydrogen-bond donors (Lipinski definition) is 0. The summed E-state index contributed by atoms with van der Waals surface area (Å²) in [5.41, 5.74) is 0.997. The van der Waals surface area contributed by atoms with Crippen molar-refractivity contribution in [2.75, 3.05) is 14.2 Å². The van der Waals surface area contributed by atoms with E-state index < -0.39 is 0 Å². The largest absolute Gasteiger partial charge is 0.497 e. The molecule has 0 bridgehead atoms. The molecule has 1 aromatic carbocycles. The number of halogens is 1. The lowest BCUT2D eigenvalue weighted by Crippen LogP contribution is -2.08. The molecule has 0 aliphatic carbocycles. The Labute approximate surface area is 123 Å². The van der Waals surface area contributed by atoms with Crippen LogP contribution < -0.4 is 9.47 Å². The summed E-state index contributed by atoms with van der Waals surface area (Å²) in [6.45, 7) is 4.68. The van der Waals surface area contributed by atoms with Gasteiger partial charge in [0.2, 0.25) is 5.28 Å². The molecule has 0 saturated carbocycles. The lowest BCUT2D eigenvalue weighted by molar-refractivity contribution is 0.390. The highest BCUT2D eigenvalue weighted by Crippen LogP contribution is 2.27. The smallest absolute Gasteiger partial charge is 0.225 e. The van der Waals surface area contributed by atoms with Crippen molar-refractivity contribution in [3.63, 3.8) is 0 Å². The maximum Gasteiger partial charge on any atom is 0.225 e. The predicted molar refractivity (Wildman–Crippen MR) is 77.8 cm³/mol. The fraction of sp³-hybridized carbons (Fsp3) is 0.429. The van der Waals surface area contributed by atoms with Crippen LogP contribution in [0.2, 0.25) is 5.28 Å². The van der Waals surface area contributed by atoms with Crippen LogP contribution in [-0.4, -0.2) is 29.0 Å². The van der Waals surface area contributed by atoms with Gasteiger partial charge in [-0.1, -0.05) is 13.8 Å². The quantitative estimate of drug-likeness (QED) is 0.850. The van der Waals surface area contributed by atoms with Crippen molar-refractivity contribution in [2.45, 2.75) is 26.3 Å². The van der Waals surface area contributed by atoms with Crippen molar-refractivity contribution in [3.8, 4) is 11.5 Å². The minimum Gasteiger partial charge on any atom is -0.497 e. The zero-order valence-electron chi connectivity index (χ0n) is 12.1. The second kappa shape index (κ2) is 6.13. The Morgan fingerprint density at radius 1 is 1.20 bits per heavy atom. The number of methoxy groups -OCH3 is 2. The molecule has 5 nitrogen and oxygen atoms in total. The third kappa shape index (κ3) is 2.88. The summed E-state index contributed by atoms with van der Waals surface area (Å²) in [7, 11) is 3.26. The van der Waals surface area contributed by atoms with E-state index in [2.05, 4.69) is 24.0 Å². The fourth-order valence-electron chi connectivity index (χ4n) is 2.02. The van der Waals surface area contributed by atoms with Gasteiger partial charge in [-0.25, -0.2) is 0 Å². The normalized spacial score (nSPS) is 10.9. The molecule has 0 spiro atoms. The molecule has 0 aliphatic rings. The number of ether oxygens (including phenoxy) is 2. The van der Waals surface area contributed by atoms with Crippen LogP contribution in [0.4, 0.5) is 0 Å². The van der Waals surface area contributed by atoms with Crippen molar-refractivity contribution in [2.24, 2.45) is 0 Å². The number of rotatable bonds is 5. The topological polar surface area (TPSA) is 49.2 Å². The van der Waals surface area contributed by atoms with Crippen LogP contribution in [-0.2, 0) is 6.54 Å². The van der Waals surface area contributed by atoms with Gasteiger partial charge in [0.05, 0.1) is 20.8 Å². The molecule has 0 radical (unpaired) electrons. The molecule has 2 rings (SSSR count). The first kappa shape index (κ1) is 14.7. The fourth-order valence-corrected chi connectivity index (χ4v) is 2.21. The molecule has 2 aromatic rings. The minimum atomic E-state index is 0.249. The number of nitrogens with zero attached hydrogens (tertiary/aromatic N) is 3. The third-order valence-electron chi connectivity index (χ3n) is 3.07. The molecule has 108 valence electrons. The number of hydrogen-bond acceptors (Lipinski definition) is 4. The van der Waals surface area contributed by atoms with Gasteiger partial charge in [0, 0.05) is 17.5 Å². The molecule has 6 heteroatoms. The molecular weight excluding hydrogens is 278 g/mol. The summed E-state index contributed by atoms with van der Waals surface area (Å²) < 4.78 is 12.5. The predicted octanol–water partition coefficient (Wildman–Crippen LogP) is 3.12. The zero-order valence-corrected chi connectivity index (χ0v) is 12.8. The standard InChI is InChI=1S/C14H18ClN3O2/c1-9(2)13-16-17-14(15)18(13)8-10-5-6-11(19-3)7-12(10)20-4/h5-7,9H,8H2,1-4H3. The molecular formula is C14H18ClN3O2. The molecule has 20 heavy (non-hydrogen) atoms. The van der Waals surface area contributed by atoms with Crippen LogP contribution in [0.3, 0.4) is 0 Å². The van der Waals surface area contributed by atoms with Crippen molar-refractivity contribution in [1.29, 1.82) is 0 Å². The van der Waals surface area contributed by atoms with Crippen molar-refractivity contribution in [3.05, 3.63) is 34.9 Å². The van der Waals surface area contributed by atoms with E-state index in [-0.39, 0.29) is 5.92 Å². The molecule has 0 N–H and O–H groups in total. The van der Waals surface area contributed by atoms with Gasteiger partial charge in [-0.2, -0.15) is 0 Å². The molecule has 0 amide bonds. The number of benzene rings is 1. The molecule has 0 aliphatic heterocycles. The molecule has 0 atom stereocenters. The Morgan fingerprint density at radius 3 is 2.55 bits per heavy atom. The van der Waals surface area contributed by atoms with Crippen LogP contribution in [0.1, 0.15) is 31.2 Å². The van der Waals surface area contributed by atoms with Gasteiger partial charge in [0.15, 0.2) is 0 Å². The van der Waals surface area contributed by atoms with Crippen molar-refractivity contribution >= 4 is 11.6 Å². The highest BCUT2D eigenvalue weighted by molar-refractivity contribution is 6.28. The Hall–Kier alpha value is -1.75. The first-order valence-electron chi connectivity index (χ1n) is 6.36. The Kier molecular flexibility index (Phi) is 4.49. The van der Waals surface area contributed by atoms with E-state index in [1.165, 1.54) is 0 Å². The molecule has 0 unspecified atom stereocenters. The van der Waals surface area contributed by atoms with Crippen molar-refractivity contribution < 1.29 is 9.47 Å². The summed E-state index contributed by atoms with van der Waals surface area (Å²) in [4.78, 5) is 0. The van der Waals surface area contributed by atoms with Crippen LogP contribution >= 0.6 is 11.6 Å². The third-order valence-corrected chi connectivity index (χ3v) is 3.35. The molecule has 1 heterocycles. The van der Waals surface area contributed by atoms with E-state index in [0.29, 0.717) is 11.8 Å². The van der Waals surface area contributed by atoms with Gasteiger partial charge in [0.25, 0.3) is 0 Å². The van der Waals surface area contributed by atoms with Gasteiger partial charge in [-0.15, -0.1) is 10.2 Å². The first-order chi connectivity index (χ1) is 9.56. The van der Waals surface area contributed by atoms with Crippen molar-refractivity contribution in [1.82, 2.24) is 14.8 Å². The number of aromatic nitrogens is 3. The first-order valence-corrected chi connectivity index (χ1v) is 6.74. The zero-order chi connectivity index (χ0) is 14.7. The average Bonchev–Trinajstić information content (AvgIpc) is 2.81. The van der Waals surface area contributed by atoms with E-state index >= 15 is 0 Å².